The first-order valence-electron chi connectivity index (χ1n) is 11.0. The number of piperidine rings is 1. The van der Waals surface area contributed by atoms with Crippen LogP contribution in [-0.4, -0.2) is 44.5 Å². The lowest BCUT2D eigenvalue weighted by Crippen LogP contribution is -2.39. The van der Waals surface area contributed by atoms with Gasteiger partial charge in [0.1, 0.15) is 5.69 Å². The average Bonchev–Trinajstić information content (AvgIpc) is 3.15. The molecule has 0 unspecified atom stereocenters. The number of rotatable bonds is 4. The summed E-state index contributed by atoms with van der Waals surface area (Å²) < 4.78 is 3.07. The number of fused-ring (bicyclic) bond motifs is 1. The SMILES string of the molecule is CC(C)(C)c1cn(-c2ccc(Cl)c(I)c2)c2ccc(C(=O)N3CCC(CC(=O)O)CC3)nc12. The Morgan fingerprint density at radius 2 is 1.88 bits per heavy atom. The maximum atomic E-state index is 13.2. The predicted octanol–water partition coefficient (Wildman–Crippen LogP) is 5.91. The summed E-state index contributed by atoms with van der Waals surface area (Å²) in [5.41, 5.74) is 4.08. The van der Waals surface area contributed by atoms with E-state index in [4.69, 9.17) is 21.7 Å². The van der Waals surface area contributed by atoms with E-state index in [2.05, 4.69) is 54.1 Å². The van der Waals surface area contributed by atoms with Crippen molar-refractivity contribution in [3.05, 3.63) is 56.4 Å². The summed E-state index contributed by atoms with van der Waals surface area (Å²) in [6.45, 7) is 7.54. The quantitative estimate of drug-likeness (QED) is 0.390. The first-order valence-corrected chi connectivity index (χ1v) is 12.5. The molecule has 1 fully saturated rings. The zero-order valence-electron chi connectivity index (χ0n) is 18.9. The lowest BCUT2D eigenvalue weighted by molar-refractivity contribution is -0.138. The standard InChI is InChI=1S/C25H27ClIN3O3/c1-25(2,3)17-14-30(16-4-5-18(26)19(27)13-16)21-7-6-20(28-23(17)21)24(33)29-10-8-15(9-11-29)12-22(31)32/h4-7,13-15H,8-12H2,1-3H3,(H,31,32). The minimum Gasteiger partial charge on any atom is -0.481 e. The van der Waals surface area contributed by atoms with Crippen molar-refractivity contribution >= 4 is 57.1 Å². The fraction of sp³-hybridized carbons (Fsp3) is 0.400. The zero-order valence-corrected chi connectivity index (χ0v) is 21.9. The number of benzene rings is 1. The van der Waals surface area contributed by atoms with E-state index < -0.39 is 5.97 Å². The van der Waals surface area contributed by atoms with E-state index in [1.807, 2.05) is 24.3 Å². The molecule has 3 aromatic rings. The summed E-state index contributed by atoms with van der Waals surface area (Å²) in [7, 11) is 0. The Hall–Kier alpha value is -2.13. The fourth-order valence-electron chi connectivity index (χ4n) is 4.37. The van der Waals surface area contributed by atoms with Crippen LogP contribution < -0.4 is 0 Å². The molecule has 1 N–H and O–H groups in total. The molecule has 4 rings (SSSR count). The van der Waals surface area contributed by atoms with Crippen molar-refractivity contribution in [1.29, 1.82) is 0 Å². The maximum absolute atomic E-state index is 13.2. The lowest BCUT2D eigenvalue weighted by atomic mass is 9.88. The molecule has 2 aromatic heterocycles. The molecule has 0 bridgehead atoms. The van der Waals surface area contributed by atoms with Crippen LogP contribution >= 0.6 is 34.2 Å². The van der Waals surface area contributed by atoms with Crippen LogP contribution in [0.3, 0.4) is 0 Å². The smallest absolute Gasteiger partial charge is 0.303 e. The van der Waals surface area contributed by atoms with E-state index >= 15 is 0 Å². The zero-order chi connectivity index (χ0) is 23.9. The van der Waals surface area contributed by atoms with Gasteiger partial charge in [0.05, 0.1) is 16.1 Å². The lowest BCUT2D eigenvalue weighted by Gasteiger charge is -2.31. The number of amides is 1. The van der Waals surface area contributed by atoms with E-state index in [1.165, 1.54) is 0 Å². The molecule has 6 nitrogen and oxygen atoms in total. The van der Waals surface area contributed by atoms with Crippen molar-refractivity contribution in [2.75, 3.05) is 13.1 Å². The highest BCUT2D eigenvalue weighted by molar-refractivity contribution is 14.1. The van der Waals surface area contributed by atoms with Crippen molar-refractivity contribution in [3.8, 4) is 5.69 Å². The Bertz CT molecular complexity index is 1220. The molecule has 0 aliphatic carbocycles. The molecule has 8 heteroatoms. The third-order valence-electron chi connectivity index (χ3n) is 6.22. The van der Waals surface area contributed by atoms with Crippen molar-refractivity contribution in [1.82, 2.24) is 14.5 Å². The number of hydrogen-bond donors (Lipinski definition) is 1. The van der Waals surface area contributed by atoms with Crippen LogP contribution in [0.2, 0.25) is 5.02 Å². The molecule has 1 aromatic carbocycles. The molecule has 1 amide bonds. The summed E-state index contributed by atoms with van der Waals surface area (Å²) in [5, 5.41) is 9.74. The molecule has 1 aliphatic heterocycles. The number of carbonyl (C=O) groups excluding carboxylic acids is 1. The van der Waals surface area contributed by atoms with Gasteiger partial charge >= 0.3 is 5.97 Å². The average molecular weight is 580 g/mol. The largest absolute Gasteiger partial charge is 0.481 e. The van der Waals surface area contributed by atoms with Gasteiger partial charge in [-0.25, -0.2) is 4.98 Å². The predicted molar refractivity (Wildman–Crippen MR) is 138 cm³/mol. The number of likely N-dealkylation sites (tertiary alicyclic amines) is 1. The molecule has 1 aliphatic rings. The van der Waals surface area contributed by atoms with Crippen molar-refractivity contribution in [3.63, 3.8) is 0 Å². The molecule has 0 spiro atoms. The number of halogens is 2. The van der Waals surface area contributed by atoms with E-state index in [1.54, 1.807) is 11.0 Å². The van der Waals surface area contributed by atoms with Gasteiger partial charge in [-0.05, 0) is 77.1 Å². The Kier molecular flexibility index (Phi) is 6.73. The van der Waals surface area contributed by atoms with E-state index in [9.17, 15) is 9.59 Å². The summed E-state index contributed by atoms with van der Waals surface area (Å²) in [6.07, 6.45) is 3.68. The van der Waals surface area contributed by atoms with Crippen LogP contribution in [0.1, 0.15) is 56.1 Å². The molecule has 0 radical (unpaired) electrons. The number of carbonyl (C=O) groups is 2. The van der Waals surface area contributed by atoms with Crippen LogP contribution in [0.5, 0.6) is 0 Å². The van der Waals surface area contributed by atoms with E-state index in [0.29, 0.717) is 36.6 Å². The van der Waals surface area contributed by atoms with Crippen LogP contribution in [0.25, 0.3) is 16.7 Å². The number of aromatic nitrogens is 2. The summed E-state index contributed by atoms with van der Waals surface area (Å²) >= 11 is 8.45. The first kappa shape index (κ1) is 24.0. The Balaban J connectivity index is 1.69. The monoisotopic (exact) mass is 579 g/mol. The highest BCUT2D eigenvalue weighted by Gasteiger charge is 2.27. The summed E-state index contributed by atoms with van der Waals surface area (Å²) in [4.78, 5) is 30.8. The molecular formula is C25H27ClIN3O3. The third kappa shape index (κ3) is 5.04. The van der Waals surface area contributed by atoms with Gasteiger partial charge in [0.2, 0.25) is 0 Å². The molecule has 3 heterocycles. The minimum absolute atomic E-state index is 0.0978. The van der Waals surface area contributed by atoms with Gasteiger partial charge in [-0.15, -0.1) is 0 Å². The molecule has 33 heavy (non-hydrogen) atoms. The highest BCUT2D eigenvalue weighted by atomic mass is 127. The van der Waals surface area contributed by atoms with Crippen LogP contribution in [0, 0.1) is 9.49 Å². The topological polar surface area (TPSA) is 75.4 Å². The van der Waals surface area contributed by atoms with E-state index in [0.717, 1.165) is 25.9 Å². The number of nitrogens with zero attached hydrogens (tertiary/aromatic N) is 3. The molecule has 0 saturated carbocycles. The van der Waals surface area contributed by atoms with Crippen molar-refractivity contribution < 1.29 is 14.7 Å². The Morgan fingerprint density at radius 3 is 2.48 bits per heavy atom. The second kappa shape index (κ2) is 9.25. The number of hydrogen-bond acceptors (Lipinski definition) is 3. The minimum atomic E-state index is -0.776. The van der Waals surface area contributed by atoms with Crippen LogP contribution in [0.15, 0.2) is 36.5 Å². The third-order valence-corrected chi connectivity index (χ3v) is 7.76. The number of pyridine rings is 1. The fourth-order valence-corrected chi connectivity index (χ4v) is 4.99. The summed E-state index contributed by atoms with van der Waals surface area (Å²) in [5.74, 6) is -0.744. The second-order valence-electron chi connectivity index (χ2n) is 9.66. The van der Waals surface area contributed by atoms with E-state index in [-0.39, 0.29) is 23.7 Å². The molecule has 174 valence electrons. The second-order valence-corrected chi connectivity index (χ2v) is 11.2. The number of aliphatic carboxylic acids is 1. The van der Waals surface area contributed by atoms with Gasteiger partial charge in [0.25, 0.3) is 5.91 Å². The van der Waals surface area contributed by atoms with Gasteiger partial charge < -0.3 is 14.6 Å². The van der Waals surface area contributed by atoms with Gasteiger partial charge in [0.15, 0.2) is 0 Å². The Morgan fingerprint density at radius 1 is 1.18 bits per heavy atom. The van der Waals surface area contributed by atoms with Gasteiger partial charge in [-0.3, -0.25) is 9.59 Å². The number of carboxylic acids is 1. The molecular weight excluding hydrogens is 553 g/mol. The first-order chi connectivity index (χ1) is 15.5. The van der Waals surface area contributed by atoms with Crippen LogP contribution in [0.4, 0.5) is 0 Å². The highest BCUT2D eigenvalue weighted by Crippen LogP contribution is 2.34. The van der Waals surface area contributed by atoms with Gasteiger partial charge in [0, 0.05) is 40.5 Å². The molecule has 0 atom stereocenters. The van der Waals surface area contributed by atoms with Gasteiger partial charge in [-0.2, -0.15) is 0 Å². The van der Waals surface area contributed by atoms with Crippen molar-refractivity contribution in [2.45, 2.75) is 45.4 Å². The van der Waals surface area contributed by atoms with Gasteiger partial charge in [-0.1, -0.05) is 32.4 Å². The normalized spacial score (nSPS) is 15.2. The van der Waals surface area contributed by atoms with Crippen LogP contribution in [-0.2, 0) is 10.2 Å². The summed E-state index contributed by atoms with van der Waals surface area (Å²) in [6, 6.07) is 9.66. The molecule has 1 saturated heterocycles. The maximum Gasteiger partial charge on any atom is 0.303 e. The van der Waals surface area contributed by atoms with Crippen molar-refractivity contribution in [2.24, 2.45) is 5.92 Å². The number of carboxylic acid groups (broad SMARTS) is 1. The Labute approximate surface area is 212 Å².